The number of aryl methyl sites for hydroxylation is 1. The maximum atomic E-state index is 9.24. The van der Waals surface area contributed by atoms with Crippen molar-refractivity contribution < 1.29 is 0 Å². The van der Waals surface area contributed by atoms with E-state index in [2.05, 4.69) is 30.4 Å². The predicted molar refractivity (Wildman–Crippen MR) is 91.3 cm³/mol. The highest BCUT2D eigenvalue weighted by Crippen LogP contribution is 2.33. The van der Waals surface area contributed by atoms with E-state index in [1.165, 1.54) is 4.80 Å². The first-order valence-corrected chi connectivity index (χ1v) is 7.52. The van der Waals surface area contributed by atoms with Gasteiger partial charge in [-0.3, -0.25) is 5.10 Å². The van der Waals surface area contributed by atoms with Crippen LogP contribution in [0.2, 0.25) is 5.02 Å². The Morgan fingerprint density at radius 1 is 1.24 bits per heavy atom. The van der Waals surface area contributed by atoms with Crippen LogP contribution < -0.4 is 5.73 Å². The minimum Gasteiger partial charge on any atom is -0.381 e. The fourth-order valence-electron chi connectivity index (χ4n) is 2.52. The van der Waals surface area contributed by atoms with Crippen LogP contribution in [0.5, 0.6) is 0 Å². The summed E-state index contributed by atoms with van der Waals surface area (Å²) in [7, 11) is 1.69. The summed E-state index contributed by atoms with van der Waals surface area (Å²) in [6, 6.07) is 5.52. The number of anilines is 1. The smallest absolute Gasteiger partial charge is 0.183 e. The molecule has 0 unspecified atom stereocenters. The van der Waals surface area contributed by atoms with Gasteiger partial charge in [-0.2, -0.15) is 25.4 Å². The first-order valence-electron chi connectivity index (χ1n) is 7.14. The summed E-state index contributed by atoms with van der Waals surface area (Å²) < 4.78 is 0. The highest BCUT2D eigenvalue weighted by Gasteiger charge is 2.19. The second kappa shape index (κ2) is 5.54. The molecule has 3 N–H and O–H groups in total. The molecule has 4 rings (SSSR count). The molecule has 3 heterocycles. The number of halogens is 1. The fraction of sp³-hybridized carbons (Fsp3) is 0.0667. The highest BCUT2D eigenvalue weighted by molar-refractivity contribution is 6.35. The summed E-state index contributed by atoms with van der Waals surface area (Å²) in [4.78, 5) is 10.1. The van der Waals surface area contributed by atoms with E-state index in [0.717, 1.165) is 10.9 Å². The van der Waals surface area contributed by atoms with Crippen molar-refractivity contribution in [1.29, 1.82) is 5.26 Å². The molecule has 0 atom stereocenters. The van der Waals surface area contributed by atoms with Crippen molar-refractivity contribution in [1.82, 2.24) is 35.2 Å². The van der Waals surface area contributed by atoms with Gasteiger partial charge >= 0.3 is 0 Å². The van der Waals surface area contributed by atoms with Crippen LogP contribution in [0.1, 0.15) is 5.69 Å². The molecular formula is C15H10ClN9. The van der Waals surface area contributed by atoms with E-state index >= 15 is 0 Å². The Morgan fingerprint density at radius 3 is 2.80 bits per heavy atom. The van der Waals surface area contributed by atoms with Gasteiger partial charge in [-0.1, -0.05) is 11.6 Å². The lowest BCUT2D eigenvalue weighted by molar-refractivity contribution is 0.655. The number of aromatic nitrogens is 7. The number of nitriles is 1. The number of rotatable bonds is 2. The Balaban J connectivity index is 2.02. The molecule has 0 bridgehead atoms. The molecule has 0 saturated carbocycles. The second-order valence-corrected chi connectivity index (χ2v) is 5.69. The molecular weight excluding hydrogens is 342 g/mol. The van der Waals surface area contributed by atoms with Crippen LogP contribution in [0.15, 0.2) is 24.5 Å². The number of hydrogen-bond donors (Lipinski definition) is 2. The van der Waals surface area contributed by atoms with Crippen LogP contribution in [0.3, 0.4) is 0 Å². The lowest BCUT2D eigenvalue weighted by atomic mass is 10.1. The molecule has 0 saturated heterocycles. The topological polar surface area (TPSA) is 135 Å². The number of hydrogen-bond acceptors (Lipinski definition) is 7. The third-order valence-electron chi connectivity index (χ3n) is 3.65. The van der Waals surface area contributed by atoms with E-state index in [1.54, 1.807) is 25.5 Å². The van der Waals surface area contributed by atoms with Gasteiger partial charge in [0.2, 0.25) is 0 Å². The monoisotopic (exact) mass is 351 g/mol. The second-order valence-electron chi connectivity index (χ2n) is 5.28. The van der Waals surface area contributed by atoms with Crippen molar-refractivity contribution in [2.75, 3.05) is 5.73 Å². The molecule has 9 nitrogen and oxygen atoms in total. The fourth-order valence-corrected chi connectivity index (χ4v) is 2.78. The van der Waals surface area contributed by atoms with Crippen molar-refractivity contribution in [2.45, 2.75) is 0 Å². The number of fused-ring (bicyclic) bond motifs is 1. The van der Waals surface area contributed by atoms with Crippen molar-refractivity contribution in [3.05, 3.63) is 35.2 Å². The van der Waals surface area contributed by atoms with E-state index in [4.69, 9.17) is 17.3 Å². The quantitative estimate of drug-likeness (QED) is 0.563. The minimum absolute atomic E-state index is 0.0300. The van der Waals surface area contributed by atoms with Crippen molar-refractivity contribution in [3.8, 4) is 28.7 Å². The Labute approximate surface area is 146 Å². The largest absolute Gasteiger partial charge is 0.381 e. The summed E-state index contributed by atoms with van der Waals surface area (Å²) in [5.41, 5.74) is 8.61. The van der Waals surface area contributed by atoms with E-state index < -0.39 is 0 Å². The van der Waals surface area contributed by atoms with Crippen molar-refractivity contribution in [2.24, 2.45) is 7.05 Å². The number of nitrogens with two attached hydrogens (primary N) is 1. The third kappa shape index (κ3) is 2.45. The highest BCUT2D eigenvalue weighted by atomic mass is 35.5. The Kier molecular flexibility index (Phi) is 3.33. The van der Waals surface area contributed by atoms with Gasteiger partial charge in [0, 0.05) is 18.0 Å². The van der Waals surface area contributed by atoms with Crippen LogP contribution in [0.25, 0.3) is 33.5 Å². The molecule has 0 amide bonds. The Hall–Kier alpha value is -3.51. The molecule has 10 heteroatoms. The van der Waals surface area contributed by atoms with Crippen LogP contribution in [0.4, 0.5) is 5.82 Å². The Morgan fingerprint density at radius 2 is 2.08 bits per heavy atom. The average Bonchev–Trinajstić information content (AvgIpc) is 3.23. The molecule has 122 valence electrons. The standard InChI is InChI=1S/C15H10ClN9/c1-25-20-6-11(24-25)14-13(21-10(4-17)15(18)22-14)7-2-8-5-19-23-12(8)9(16)3-7/h2-3,5-6H,1H3,(H2,18,22)(H,19,23). The van der Waals surface area contributed by atoms with E-state index in [1.807, 2.05) is 12.1 Å². The van der Waals surface area contributed by atoms with Gasteiger partial charge in [0.1, 0.15) is 23.2 Å². The zero-order valence-corrected chi connectivity index (χ0v) is 13.7. The number of aromatic amines is 1. The van der Waals surface area contributed by atoms with Gasteiger partial charge < -0.3 is 5.73 Å². The maximum Gasteiger partial charge on any atom is 0.183 e. The van der Waals surface area contributed by atoms with E-state index in [9.17, 15) is 5.26 Å². The van der Waals surface area contributed by atoms with Crippen LogP contribution in [-0.4, -0.2) is 35.2 Å². The summed E-state index contributed by atoms with van der Waals surface area (Å²) in [6.45, 7) is 0. The number of benzene rings is 1. The van der Waals surface area contributed by atoms with Gasteiger partial charge in [-0.25, -0.2) is 9.97 Å². The number of nitrogens with zero attached hydrogens (tertiary/aromatic N) is 7. The lowest BCUT2D eigenvalue weighted by Crippen LogP contribution is -2.03. The average molecular weight is 352 g/mol. The van der Waals surface area contributed by atoms with E-state index in [0.29, 0.717) is 27.7 Å². The van der Waals surface area contributed by atoms with Crippen LogP contribution >= 0.6 is 11.6 Å². The molecule has 1 aromatic carbocycles. The van der Waals surface area contributed by atoms with Gasteiger partial charge in [0.15, 0.2) is 11.5 Å². The first-order chi connectivity index (χ1) is 12.1. The lowest BCUT2D eigenvalue weighted by Gasteiger charge is -2.09. The van der Waals surface area contributed by atoms with Gasteiger partial charge in [0.05, 0.1) is 22.9 Å². The molecule has 0 fully saturated rings. The molecule has 0 aliphatic carbocycles. The number of nitrogen functional groups attached to an aromatic ring is 1. The SMILES string of the molecule is Cn1ncc(-c2nc(N)c(C#N)nc2-c2cc(Cl)c3[nH]ncc3c2)n1. The zero-order chi connectivity index (χ0) is 17.6. The molecule has 0 aliphatic rings. The van der Waals surface area contributed by atoms with Gasteiger partial charge in [-0.05, 0) is 12.1 Å². The van der Waals surface area contributed by atoms with Crippen LogP contribution in [0, 0.1) is 11.3 Å². The number of nitrogens with one attached hydrogen (secondary N) is 1. The molecule has 3 aromatic heterocycles. The van der Waals surface area contributed by atoms with Crippen molar-refractivity contribution >= 4 is 28.3 Å². The molecule has 25 heavy (non-hydrogen) atoms. The molecule has 0 aliphatic heterocycles. The van der Waals surface area contributed by atoms with Crippen LogP contribution in [-0.2, 0) is 7.05 Å². The van der Waals surface area contributed by atoms with Gasteiger partial charge in [0.25, 0.3) is 0 Å². The normalized spacial score (nSPS) is 10.9. The first kappa shape index (κ1) is 15.0. The Bertz CT molecular complexity index is 1150. The zero-order valence-electron chi connectivity index (χ0n) is 12.9. The number of H-pyrrole nitrogens is 1. The summed E-state index contributed by atoms with van der Waals surface area (Å²) >= 11 is 6.32. The summed E-state index contributed by atoms with van der Waals surface area (Å²) in [5.74, 6) is 0.0300. The maximum absolute atomic E-state index is 9.24. The predicted octanol–water partition coefficient (Wildman–Crippen LogP) is 1.92. The molecule has 0 radical (unpaired) electrons. The minimum atomic E-state index is 0.0300. The third-order valence-corrected chi connectivity index (χ3v) is 3.94. The van der Waals surface area contributed by atoms with Gasteiger partial charge in [-0.15, -0.1) is 0 Å². The van der Waals surface area contributed by atoms with Crippen molar-refractivity contribution in [3.63, 3.8) is 0 Å². The molecule has 0 spiro atoms. The van der Waals surface area contributed by atoms with E-state index in [-0.39, 0.29) is 11.5 Å². The molecule has 4 aromatic rings. The summed E-state index contributed by atoms with van der Waals surface area (Å²) in [5, 5.41) is 25.7. The summed E-state index contributed by atoms with van der Waals surface area (Å²) in [6.07, 6.45) is 3.21.